The molecule has 0 radical (unpaired) electrons. The first-order valence-electron chi connectivity index (χ1n) is 7.09. The van der Waals surface area contributed by atoms with E-state index in [1.807, 2.05) is 42.7 Å². The molecule has 116 valence electrons. The van der Waals surface area contributed by atoms with E-state index in [2.05, 4.69) is 15.9 Å². The third-order valence-corrected chi connectivity index (χ3v) is 5.14. The van der Waals surface area contributed by atoms with Gasteiger partial charge in [0.2, 0.25) is 11.8 Å². The van der Waals surface area contributed by atoms with E-state index in [1.165, 1.54) is 0 Å². The molecule has 6 heteroatoms. The lowest BCUT2D eigenvalue weighted by molar-refractivity contribution is -0.144. The predicted molar refractivity (Wildman–Crippen MR) is 88.3 cm³/mol. The molecule has 0 atom stereocenters. The van der Waals surface area contributed by atoms with E-state index in [9.17, 15) is 9.59 Å². The van der Waals surface area contributed by atoms with Crippen molar-refractivity contribution in [3.8, 4) is 0 Å². The van der Waals surface area contributed by atoms with Gasteiger partial charge in [0.25, 0.3) is 0 Å². The van der Waals surface area contributed by atoms with Crippen molar-refractivity contribution in [3.63, 3.8) is 0 Å². The average Bonchev–Trinajstić information content (AvgIpc) is 2.82. The number of hydrogen-bond donors (Lipinski definition) is 0. The molecule has 0 N–H and O–H groups in total. The van der Waals surface area contributed by atoms with Crippen LogP contribution in [-0.2, 0) is 16.0 Å². The molecule has 1 aromatic heterocycles. The van der Waals surface area contributed by atoms with Gasteiger partial charge in [-0.3, -0.25) is 9.59 Å². The maximum Gasteiger partial charge on any atom is 0.228 e. The third-order valence-electron chi connectivity index (χ3n) is 3.52. The zero-order chi connectivity index (χ0) is 15.6. The summed E-state index contributed by atoms with van der Waals surface area (Å²) in [7, 11) is 0. The Morgan fingerprint density at radius 3 is 2.19 bits per heavy atom. The lowest BCUT2D eigenvalue weighted by Gasteiger charge is -2.37. The molecular weight excluding hydrogens is 352 g/mol. The highest BCUT2D eigenvalue weighted by molar-refractivity contribution is 9.11. The first-order chi connectivity index (χ1) is 9.77. The number of carbonyl (C=O) groups excluding carboxylic acids is 2. The van der Waals surface area contributed by atoms with E-state index in [-0.39, 0.29) is 17.2 Å². The largest absolute Gasteiger partial charge is 0.339 e. The predicted octanol–water partition coefficient (Wildman–Crippen LogP) is 2.77. The van der Waals surface area contributed by atoms with Crippen LogP contribution in [0.25, 0.3) is 0 Å². The molecule has 1 saturated heterocycles. The van der Waals surface area contributed by atoms with Crippen molar-refractivity contribution in [1.29, 1.82) is 0 Å². The first-order valence-corrected chi connectivity index (χ1v) is 8.69. The molecule has 0 unspecified atom stereocenters. The van der Waals surface area contributed by atoms with Crippen molar-refractivity contribution in [2.75, 3.05) is 26.2 Å². The van der Waals surface area contributed by atoms with Gasteiger partial charge in [-0.15, -0.1) is 11.3 Å². The van der Waals surface area contributed by atoms with E-state index in [4.69, 9.17) is 0 Å². The molecule has 1 aliphatic heterocycles. The number of nitrogens with zero attached hydrogens (tertiary/aromatic N) is 2. The number of piperazine rings is 1. The number of amides is 2. The van der Waals surface area contributed by atoms with Crippen LogP contribution < -0.4 is 0 Å². The number of rotatable bonds is 2. The summed E-state index contributed by atoms with van der Waals surface area (Å²) < 4.78 is 1.05. The molecule has 0 bridgehead atoms. The van der Waals surface area contributed by atoms with Crippen LogP contribution >= 0.6 is 27.3 Å². The third kappa shape index (κ3) is 4.30. The van der Waals surface area contributed by atoms with Crippen LogP contribution in [0.2, 0.25) is 0 Å². The Labute approximate surface area is 138 Å². The van der Waals surface area contributed by atoms with Gasteiger partial charge in [0.15, 0.2) is 0 Å². The fourth-order valence-corrected chi connectivity index (χ4v) is 3.82. The summed E-state index contributed by atoms with van der Waals surface area (Å²) in [5, 5.41) is 0. The Kier molecular flexibility index (Phi) is 5.09. The van der Waals surface area contributed by atoms with Gasteiger partial charge in [-0.25, -0.2) is 0 Å². The highest BCUT2D eigenvalue weighted by atomic mass is 79.9. The van der Waals surface area contributed by atoms with Crippen molar-refractivity contribution in [3.05, 3.63) is 20.8 Å². The minimum Gasteiger partial charge on any atom is -0.339 e. The molecule has 0 spiro atoms. The lowest BCUT2D eigenvalue weighted by Crippen LogP contribution is -2.53. The SMILES string of the molecule is CC(C)(C)C(=O)N1CCN(C(=O)Cc2ccc(Br)s2)CC1. The Balaban J connectivity index is 1.86. The van der Waals surface area contributed by atoms with Gasteiger partial charge >= 0.3 is 0 Å². The molecule has 21 heavy (non-hydrogen) atoms. The van der Waals surface area contributed by atoms with Crippen molar-refractivity contribution in [1.82, 2.24) is 9.80 Å². The smallest absolute Gasteiger partial charge is 0.228 e. The topological polar surface area (TPSA) is 40.6 Å². The zero-order valence-corrected chi connectivity index (χ0v) is 15.1. The summed E-state index contributed by atoms with van der Waals surface area (Å²) >= 11 is 5.00. The molecule has 1 fully saturated rings. The van der Waals surface area contributed by atoms with Crippen LogP contribution in [0, 0.1) is 5.41 Å². The summed E-state index contributed by atoms with van der Waals surface area (Å²) in [6.45, 7) is 8.33. The van der Waals surface area contributed by atoms with Crippen molar-refractivity contribution >= 4 is 39.1 Å². The fourth-order valence-electron chi connectivity index (χ4n) is 2.34. The quantitative estimate of drug-likeness (QED) is 0.800. The molecule has 2 rings (SSSR count). The number of thiophene rings is 1. The highest BCUT2D eigenvalue weighted by Crippen LogP contribution is 2.23. The van der Waals surface area contributed by atoms with E-state index >= 15 is 0 Å². The molecule has 1 aliphatic rings. The minimum absolute atomic E-state index is 0.146. The molecule has 1 aromatic rings. The van der Waals surface area contributed by atoms with Gasteiger partial charge in [-0.05, 0) is 28.1 Å². The summed E-state index contributed by atoms with van der Waals surface area (Å²) in [6.07, 6.45) is 0.448. The van der Waals surface area contributed by atoms with Gasteiger partial charge in [0.05, 0.1) is 10.2 Å². The fraction of sp³-hybridized carbons (Fsp3) is 0.600. The first kappa shape index (κ1) is 16.5. The Bertz CT molecular complexity index is 528. The summed E-state index contributed by atoms with van der Waals surface area (Å²) in [4.78, 5) is 29.3. The maximum absolute atomic E-state index is 12.3. The zero-order valence-electron chi connectivity index (χ0n) is 12.7. The second-order valence-corrected chi connectivity index (χ2v) is 8.85. The van der Waals surface area contributed by atoms with E-state index < -0.39 is 0 Å². The average molecular weight is 373 g/mol. The van der Waals surface area contributed by atoms with E-state index in [0.29, 0.717) is 32.6 Å². The second-order valence-electron chi connectivity index (χ2n) is 6.31. The summed E-state index contributed by atoms with van der Waals surface area (Å²) in [5.41, 5.74) is -0.352. The van der Waals surface area contributed by atoms with Gasteiger partial charge in [-0.2, -0.15) is 0 Å². The van der Waals surface area contributed by atoms with Gasteiger partial charge < -0.3 is 9.80 Å². The molecule has 4 nitrogen and oxygen atoms in total. The maximum atomic E-state index is 12.3. The molecule has 0 saturated carbocycles. The Morgan fingerprint density at radius 2 is 1.71 bits per heavy atom. The minimum atomic E-state index is -0.352. The summed E-state index contributed by atoms with van der Waals surface area (Å²) in [6, 6.07) is 3.94. The standard InChI is InChI=1S/C15H21BrN2O2S/c1-15(2,3)14(20)18-8-6-17(7-9-18)13(19)10-11-4-5-12(16)21-11/h4-5H,6-10H2,1-3H3. The van der Waals surface area contributed by atoms with Crippen LogP contribution in [0.1, 0.15) is 25.6 Å². The van der Waals surface area contributed by atoms with Crippen LogP contribution in [-0.4, -0.2) is 47.8 Å². The molecule has 0 aromatic carbocycles. The van der Waals surface area contributed by atoms with Crippen molar-refractivity contribution in [2.24, 2.45) is 5.41 Å². The van der Waals surface area contributed by atoms with Crippen molar-refractivity contribution in [2.45, 2.75) is 27.2 Å². The number of halogens is 1. The van der Waals surface area contributed by atoms with Gasteiger partial charge in [-0.1, -0.05) is 20.8 Å². The Morgan fingerprint density at radius 1 is 1.14 bits per heavy atom. The van der Waals surface area contributed by atoms with E-state index in [1.54, 1.807) is 11.3 Å². The molecule has 2 heterocycles. The van der Waals surface area contributed by atoms with Crippen LogP contribution in [0.15, 0.2) is 15.9 Å². The monoisotopic (exact) mass is 372 g/mol. The Hall–Kier alpha value is -0.880. The summed E-state index contributed by atoms with van der Waals surface area (Å²) in [5.74, 6) is 0.309. The molecule has 0 aliphatic carbocycles. The lowest BCUT2D eigenvalue weighted by atomic mass is 9.94. The van der Waals surface area contributed by atoms with Gasteiger partial charge in [0.1, 0.15) is 0 Å². The van der Waals surface area contributed by atoms with Crippen LogP contribution in [0.3, 0.4) is 0 Å². The normalized spacial score (nSPS) is 16.2. The van der Waals surface area contributed by atoms with Crippen molar-refractivity contribution < 1.29 is 9.59 Å². The second kappa shape index (κ2) is 6.48. The highest BCUT2D eigenvalue weighted by Gasteiger charge is 2.30. The van der Waals surface area contributed by atoms with Gasteiger partial charge in [0, 0.05) is 36.5 Å². The number of hydrogen-bond acceptors (Lipinski definition) is 3. The van der Waals surface area contributed by atoms with Crippen LogP contribution in [0.5, 0.6) is 0 Å². The molecular formula is C15H21BrN2O2S. The molecule has 2 amide bonds. The van der Waals surface area contributed by atoms with Crippen LogP contribution in [0.4, 0.5) is 0 Å². The number of carbonyl (C=O) groups is 2. The van der Waals surface area contributed by atoms with E-state index in [0.717, 1.165) is 8.66 Å².